The number of hydrogen-bond donors (Lipinski definition) is 0. The number of ether oxygens (including phenoxy) is 2. The smallest absolute Gasteiger partial charge is 0.254 e. The van der Waals surface area contributed by atoms with Crippen molar-refractivity contribution in [1.82, 2.24) is 4.90 Å². The maximum atomic E-state index is 13.0. The number of carbonyl (C=O) groups excluding carboxylic acids is 1. The van der Waals surface area contributed by atoms with Crippen LogP contribution in [0.25, 0.3) is 0 Å². The minimum atomic E-state index is 0.0573. The van der Waals surface area contributed by atoms with Crippen molar-refractivity contribution in [2.24, 2.45) is 5.92 Å². The third-order valence-electron chi connectivity index (χ3n) is 4.71. The van der Waals surface area contributed by atoms with E-state index in [0.29, 0.717) is 31.2 Å². The summed E-state index contributed by atoms with van der Waals surface area (Å²) >= 11 is 0. The van der Waals surface area contributed by atoms with E-state index in [9.17, 15) is 4.79 Å². The maximum Gasteiger partial charge on any atom is 0.254 e. The minimum Gasteiger partial charge on any atom is -0.494 e. The number of amides is 1. The lowest BCUT2D eigenvalue weighted by Gasteiger charge is -2.33. The molecule has 3 rings (SSSR count). The van der Waals surface area contributed by atoms with Gasteiger partial charge >= 0.3 is 0 Å². The fraction of sp³-hybridized carbons (Fsp3) is 0.409. The summed E-state index contributed by atoms with van der Waals surface area (Å²) in [5, 5.41) is 0. The average molecular weight is 353 g/mol. The van der Waals surface area contributed by atoms with E-state index in [1.807, 2.05) is 54.3 Å². The molecule has 0 aliphatic carbocycles. The van der Waals surface area contributed by atoms with Gasteiger partial charge in [0.2, 0.25) is 0 Å². The van der Waals surface area contributed by atoms with Crippen molar-refractivity contribution in [1.29, 1.82) is 0 Å². The molecule has 1 unspecified atom stereocenters. The van der Waals surface area contributed by atoms with E-state index in [4.69, 9.17) is 9.47 Å². The Hall–Kier alpha value is -2.49. The molecule has 4 heteroatoms. The fourth-order valence-electron chi connectivity index (χ4n) is 3.34. The molecule has 138 valence electrons. The molecule has 0 aromatic heterocycles. The van der Waals surface area contributed by atoms with Crippen molar-refractivity contribution in [2.45, 2.75) is 33.2 Å². The van der Waals surface area contributed by atoms with Crippen LogP contribution in [-0.2, 0) is 6.42 Å². The Labute approximate surface area is 155 Å². The predicted molar refractivity (Wildman–Crippen MR) is 103 cm³/mol. The Morgan fingerprint density at radius 3 is 2.62 bits per heavy atom. The Morgan fingerprint density at radius 1 is 1.19 bits per heavy atom. The van der Waals surface area contributed by atoms with Crippen molar-refractivity contribution in [3.05, 3.63) is 59.7 Å². The van der Waals surface area contributed by atoms with E-state index in [0.717, 1.165) is 17.9 Å². The highest BCUT2D eigenvalue weighted by Crippen LogP contribution is 2.28. The second-order valence-electron chi connectivity index (χ2n) is 7.00. The molecule has 2 aromatic rings. The van der Waals surface area contributed by atoms with Crippen LogP contribution in [-0.4, -0.2) is 36.6 Å². The molecule has 0 spiro atoms. The fourth-order valence-corrected chi connectivity index (χ4v) is 3.34. The molecule has 2 aromatic carbocycles. The first-order chi connectivity index (χ1) is 12.6. The normalized spacial score (nSPS) is 15.9. The summed E-state index contributed by atoms with van der Waals surface area (Å²) in [5.41, 5.74) is 1.92. The zero-order valence-corrected chi connectivity index (χ0v) is 15.8. The van der Waals surface area contributed by atoms with Crippen LogP contribution >= 0.6 is 0 Å². The van der Waals surface area contributed by atoms with E-state index in [-0.39, 0.29) is 11.9 Å². The van der Waals surface area contributed by atoms with Gasteiger partial charge in [-0.1, -0.05) is 18.2 Å². The minimum absolute atomic E-state index is 0.0573. The number of carbonyl (C=O) groups is 1. The summed E-state index contributed by atoms with van der Waals surface area (Å²) in [4.78, 5) is 15.0. The number of rotatable bonds is 6. The van der Waals surface area contributed by atoms with Gasteiger partial charge < -0.3 is 14.4 Å². The number of fused-ring (bicyclic) bond motifs is 1. The van der Waals surface area contributed by atoms with E-state index in [1.54, 1.807) is 0 Å². The van der Waals surface area contributed by atoms with E-state index in [2.05, 4.69) is 19.9 Å². The maximum absolute atomic E-state index is 13.0. The third-order valence-corrected chi connectivity index (χ3v) is 4.71. The molecular weight excluding hydrogens is 326 g/mol. The van der Waals surface area contributed by atoms with Gasteiger partial charge in [0.05, 0.1) is 13.2 Å². The van der Waals surface area contributed by atoms with Crippen LogP contribution in [0.2, 0.25) is 0 Å². The lowest BCUT2D eigenvalue weighted by Crippen LogP contribution is -2.43. The number of nitrogens with zero attached hydrogens (tertiary/aromatic N) is 1. The van der Waals surface area contributed by atoms with Crippen molar-refractivity contribution >= 4 is 5.91 Å². The second kappa shape index (κ2) is 8.26. The van der Waals surface area contributed by atoms with Gasteiger partial charge in [-0.2, -0.15) is 0 Å². The largest absolute Gasteiger partial charge is 0.494 e. The van der Waals surface area contributed by atoms with Crippen LogP contribution in [0.15, 0.2) is 48.5 Å². The van der Waals surface area contributed by atoms with Crippen molar-refractivity contribution in [3.8, 4) is 11.5 Å². The third kappa shape index (κ3) is 4.18. The highest BCUT2D eigenvalue weighted by atomic mass is 16.5. The van der Waals surface area contributed by atoms with Crippen molar-refractivity contribution in [2.75, 3.05) is 19.8 Å². The SMILES string of the molecule is CCOc1ccc(C(=O)N(CC2COc3ccccc3C2)C(C)C)cc1. The van der Waals surface area contributed by atoms with Gasteiger partial charge in [-0.25, -0.2) is 0 Å². The molecule has 0 radical (unpaired) electrons. The molecule has 26 heavy (non-hydrogen) atoms. The Bertz CT molecular complexity index is 739. The van der Waals surface area contributed by atoms with Crippen molar-refractivity contribution in [3.63, 3.8) is 0 Å². The van der Waals surface area contributed by atoms with Gasteiger partial charge in [0, 0.05) is 24.1 Å². The second-order valence-corrected chi connectivity index (χ2v) is 7.00. The molecular formula is C22H27NO3. The van der Waals surface area contributed by atoms with Crippen LogP contribution in [0.5, 0.6) is 11.5 Å². The molecule has 0 fully saturated rings. The summed E-state index contributed by atoms with van der Waals surface area (Å²) < 4.78 is 11.4. The highest BCUT2D eigenvalue weighted by molar-refractivity contribution is 5.94. The first-order valence-electron chi connectivity index (χ1n) is 9.33. The average Bonchev–Trinajstić information content (AvgIpc) is 2.66. The van der Waals surface area contributed by atoms with Gasteiger partial charge in [-0.3, -0.25) is 4.79 Å². The molecule has 1 amide bonds. The molecule has 0 saturated heterocycles. The molecule has 1 atom stereocenters. The van der Waals surface area contributed by atoms with E-state index in [1.165, 1.54) is 5.56 Å². The topological polar surface area (TPSA) is 38.8 Å². The van der Waals surface area contributed by atoms with Crippen LogP contribution in [0.4, 0.5) is 0 Å². The lowest BCUT2D eigenvalue weighted by molar-refractivity contribution is 0.0636. The zero-order chi connectivity index (χ0) is 18.5. The summed E-state index contributed by atoms with van der Waals surface area (Å²) in [6, 6.07) is 15.7. The van der Waals surface area contributed by atoms with Gasteiger partial charge in [0.15, 0.2) is 0 Å². The molecule has 0 saturated carbocycles. The monoisotopic (exact) mass is 353 g/mol. The predicted octanol–water partition coefficient (Wildman–Crippen LogP) is 4.19. The molecule has 1 aliphatic heterocycles. The Morgan fingerprint density at radius 2 is 1.92 bits per heavy atom. The quantitative estimate of drug-likeness (QED) is 0.782. The Balaban J connectivity index is 1.70. The first-order valence-corrected chi connectivity index (χ1v) is 9.33. The van der Waals surface area contributed by atoms with Gasteiger partial charge in [-0.15, -0.1) is 0 Å². The van der Waals surface area contributed by atoms with Crippen LogP contribution in [0, 0.1) is 5.92 Å². The molecule has 1 aliphatic rings. The summed E-state index contributed by atoms with van der Waals surface area (Å²) in [6.45, 7) is 8.03. The van der Waals surface area contributed by atoms with Gasteiger partial charge in [0.1, 0.15) is 11.5 Å². The molecule has 1 heterocycles. The first kappa shape index (κ1) is 18.3. The summed E-state index contributed by atoms with van der Waals surface area (Å²) in [6.07, 6.45) is 0.940. The van der Waals surface area contributed by atoms with E-state index >= 15 is 0 Å². The van der Waals surface area contributed by atoms with Gasteiger partial charge in [-0.05, 0) is 63.1 Å². The number of para-hydroxylation sites is 1. The number of benzene rings is 2. The molecule has 0 bridgehead atoms. The standard InChI is InChI=1S/C22H27NO3/c1-4-25-20-11-9-18(10-12-20)22(24)23(16(2)3)14-17-13-19-7-5-6-8-21(19)26-15-17/h5-12,16-17H,4,13-15H2,1-3H3. The Kier molecular flexibility index (Phi) is 5.82. The summed E-state index contributed by atoms with van der Waals surface area (Å²) in [5.74, 6) is 2.12. The van der Waals surface area contributed by atoms with Crippen LogP contribution in [0.3, 0.4) is 0 Å². The van der Waals surface area contributed by atoms with Gasteiger partial charge in [0.25, 0.3) is 5.91 Å². The van der Waals surface area contributed by atoms with Crippen LogP contribution < -0.4 is 9.47 Å². The molecule has 0 N–H and O–H groups in total. The number of hydrogen-bond acceptors (Lipinski definition) is 3. The lowest BCUT2D eigenvalue weighted by atomic mass is 9.95. The highest BCUT2D eigenvalue weighted by Gasteiger charge is 2.26. The van der Waals surface area contributed by atoms with Crippen molar-refractivity contribution < 1.29 is 14.3 Å². The zero-order valence-electron chi connectivity index (χ0n) is 15.8. The molecule has 4 nitrogen and oxygen atoms in total. The van der Waals surface area contributed by atoms with Crippen LogP contribution in [0.1, 0.15) is 36.7 Å². The summed E-state index contributed by atoms with van der Waals surface area (Å²) in [7, 11) is 0. The van der Waals surface area contributed by atoms with E-state index < -0.39 is 0 Å².